The maximum Gasteiger partial charge on any atom is 0.333 e. The Morgan fingerprint density at radius 1 is 1.07 bits per heavy atom. The van der Waals surface area contributed by atoms with E-state index in [-0.39, 0.29) is 18.2 Å². The van der Waals surface area contributed by atoms with Gasteiger partial charge in [0.25, 0.3) is 5.91 Å². The smallest absolute Gasteiger partial charge is 0.333 e. The van der Waals surface area contributed by atoms with E-state index in [1.54, 1.807) is 48.0 Å². The Kier molecular flexibility index (Phi) is 4.87. The molecule has 1 N–H and O–H groups in total. The average molecular weight is 389 g/mol. The third-order valence-electron chi connectivity index (χ3n) is 4.62. The van der Waals surface area contributed by atoms with Crippen LogP contribution >= 0.6 is 0 Å². The second kappa shape index (κ2) is 7.63. The molecule has 3 aromatic rings. The van der Waals surface area contributed by atoms with Gasteiger partial charge in [-0.3, -0.25) is 9.59 Å². The lowest BCUT2D eigenvalue weighted by Crippen LogP contribution is -2.30. The zero-order chi connectivity index (χ0) is 20.4. The van der Waals surface area contributed by atoms with Crippen molar-refractivity contribution in [2.45, 2.75) is 13.5 Å². The minimum Gasteiger partial charge on any atom is -0.465 e. The first-order chi connectivity index (χ1) is 14.1. The molecule has 0 unspecified atom stereocenters. The number of urea groups is 1. The van der Waals surface area contributed by atoms with Crippen LogP contribution in [-0.4, -0.2) is 29.1 Å². The quantitative estimate of drug-likeness (QED) is 0.412. The molecule has 2 heterocycles. The molecule has 1 saturated heterocycles. The van der Waals surface area contributed by atoms with E-state index in [0.717, 1.165) is 21.4 Å². The van der Waals surface area contributed by atoms with Crippen LogP contribution in [0.2, 0.25) is 0 Å². The Morgan fingerprint density at radius 2 is 1.79 bits per heavy atom. The molecule has 29 heavy (non-hydrogen) atoms. The Hall–Kier alpha value is -3.87. The third kappa shape index (κ3) is 3.50. The molecule has 0 aliphatic carbocycles. The van der Waals surface area contributed by atoms with E-state index in [9.17, 15) is 14.4 Å². The summed E-state index contributed by atoms with van der Waals surface area (Å²) in [5.41, 5.74) is 2.24. The number of ether oxygens (including phenoxy) is 1. The van der Waals surface area contributed by atoms with E-state index in [1.165, 1.54) is 0 Å². The van der Waals surface area contributed by atoms with E-state index < -0.39 is 11.9 Å². The highest BCUT2D eigenvalue weighted by molar-refractivity contribution is 6.28. The van der Waals surface area contributed by atoms with Crippen molar-refractivity contribution in [2.24, 2.45) is 0 Å². The number of carbonyl (C=O) groups excluding carboxylic acids is 3. The fourth-order valence-corrected chi connectivity index (χ4v) is 3.37. The van der Waals surface area contributed by atoms with E-state index in [4.69, 9.17) is 4.74 Å². The van der Waals surface area contributed by atoms with Gasteiger partial charge in [0.2, 0.25) is 0 Å². The summed E-state index contributed by atoms with van der Waals surface area (Å²) >= 11 is 0. The molecule has 1 fully saturated rings. The SMILES string of the molecule is CCOC(=O)Cn1cc(/C=C2\NC(=O)N(c3ccccc3)C2=O)c2ccccc21. The van der Waals surface area contributed by atoms with Crippen molar-refractivity contribution in [3.05, 3.63) is 72.1 Å². The Labute approximate surface area is 167 Å². The lowest BCUT2D eigenvalue weighted by Gasteiger charge is -2.10. The van der Waals surface area contributed by atoms with Gasteiger partial charge in [-0.25, -0.2) is 9.69 Å². The van der Waals surface area contributed by atoms with Crippen molar-refractivity contribution in [1.82, 2.24) is 9.88 Å². The number of benzene rings is 2. The summed E-state index contributed by atoms with van der Waals surface area (Å²) in [7, 11) is 0. The molecule has 2 aromatic carbocycles. The van der Waals surface area contributed by atoms with Gasteiger partial charge in [0.1, 0.15) is 12.2 Å². The Morgan fingerprint density at radius 3 is 2.55 bits per heavy atom. The number of hydrogen-bond donors (Lipinski definition) is 1. The molecule has 0 bridgehead atoms. The first-order valence-electron chi connectivity index (χ1n) is 9.24. The van der Waals surface area contributed by atoms with Gasteiger partial charge in [0.05, 0.1) is 12.3 Å². The standard InChI is InChI=1S/C22H19N3O4/c1-2-29-20(26)14-24-13-15(17-10-6-7-11-19(17)24)12-18-21(27)25(22(28)23-18)16-8-4-3-5-9-16/h3-13H,2,14H2,1H3,(H,23,28)/b18-12-. The molecule has 1 aliphatic rings. The zero-order valence-corrected chi connectivity index (χ0v) is 15.8. The van der Waals surface area contributed by atoms with E-state index in [1.807, 2.05) is 30.3 Å². The summed E-state index contributed by atoms with van der Waals surface area (Å²) in [5.74, 6) is -0.767. The number of rotatable bonds is 5. The zero-order valence-electron chi connectivity index (χ0n) is 15.8. The topological polar surface area (TPSA) is 80.6 Å². The highest BCUT2D eigenvalue weighted by Crippen LogP contribution is 2.26. The van der Waals surface area contributed by atoms with Gasteiger partial charge in [-0.05, 0) is 31.2 Å². The lowest BCUT2D eigenvalue weighted by atomic mass is 10.1. The Bertz CT molecular complexity index is 1130. The maximum absolute atomic E-state index is 12.8. The number of imide groups is 1. The molecule has 7 heteroatoms. The highest BCUT2D eigenvalue weighted by atomic mass is 16.5. The summed E-state index contributed by atoms with van der Waals surface area (Å²) in [6.07, 6.45) is 3.41. The number of amides is 3. The first-order valence-corrected chi connectivity index (χ1v) is 9.24. The van der Waals surface area contributed by atoms with Crippen LogP contribution in [0.25, 0.3) is 17.0 Å². The summed E-state index contributed by atoms with van der Waals surface area (Å²) in [6.45, 7) is 2.13. The summed E-state index contributed by atoms with van der Waals surface area (Å²) < 4.78 is 6.81. The first kappa shape index (κ1) is 18.5. The second-order valence-electron chi connectivity index (χ2n) is 6.50. The van der Waals surface area contributed by atoms with Crippen LogP contribution in [0, 0.1) is 0 Å². The second-order valence-corrected chi connectivity index (χ2v) is 6.50. The molecule has 0 saturated carbocycles. The molecule has 146 valence electrons. The molecule has 3 amide bonds. The van der Waals surface area contributed by atoms with E-state index >= 15 is 0 Å². The number of hydrogen-bond acceptors (Lipinski definition) is 4. The fourth-order valence-electron chi connectivity index (χ4n) is 3.37. The molecular weight excluding hydrogens is 370 g/mol. The number of para-hydroxylation sites is 2. The van der Waals surface area contributed by atoms with Gasteiger partial charge in [-0.15, -0.1) is 0 Å². The van der Waals surface area contributed by atoms with Gasteiger partial charge in [-0.2, -0.15) is 0 Å². The predicted octanol–water partition coefficient (Wildman–Crippen LogP) is 3.30. The van der Waals surface area contributed by atoms with Gasteiger partial charge >= 0.3 is 12.0 Å². The molecule has 0 atom stereocenters. The summed E-state index contributed by atoms with van der Waals surface area (Å²) in [6, 6.07) is 15.8. The molecule has 1 aromatic heterocycles. The molecule has 0 radical (unpaired) electrons. The average Bonchev–Trinajstić information content (AvgIpc) is 3.20. The Balaban J connectivity index is 1.70. The van der Waals surface area contributed by atoms with Crippen LogP contribution in [-0.2, 0) is 20.9 Å². The van der Waals surface area contributed by atoms with Gasteiger partial charge < -0.3 is 14.6 Å². The number of esters is 1. The van der Waals surface area contributed by atoms with Crippen molar-refractivity contribution in [1.29, 1.82) is 0 Å². The van der Waals surface area contributed by atoms with Crippen molar-refractivity contribution >= 4 is 40.6 Å². The van der Waals surface area contributed by atoms with Crippen LogP contribution in [0.15, 0.2) is 66.5 Å². The van der Waals surface area contributed by atoms with E-state index in [2.05, 4.69) is 5.32 Å². The van der Waals surface area contributed by atoms with Gasteiger partial charge in [0.15, 0.2) is 0 Å². The van der Waals surface area contributed by atoms with Crippen molar-refractivity contribution in [3.63, 3.8) is 0 Å². The van der Waals surface area contributed by atoms with Crippen LogP contribution in [0.1, 0.15) is 12.5 Å². The molecular formula is C22H19N3O4. The predicted molar refractivity (Wildman–Crippen MR) is 109 cm³/mol. The van der Waals surface area contributed by atoms with Crippen LogP contribution in [0.3, 0.4) is 0 Å². The highest BCUT2D eigenvalue weighted by Gasteiger charge is 2.34. The molecule has 0 spiro atoms. The number of carbonyl (C=O) groups is 3. The van der Waals surface area contributed by atoms with Crippen molar-refractivity contribution < 1.29 is 19.1 Å². The van der Waals surface area contributed by atoms with Gasteiger partial charge in [0, 0.05) is 22.7 Å². The van der Waals surface area contributed by atoms with Crippen LogP contribution in [0.4, 0.5) is 10.5 Å². The fraction of sp³-hybridized carbons (Fsp3) is 0.136. The molecule has 1 aliphatic heterocycles. The van der Waals surface area contributed by atoms with Crippen molar-refractivity contribution in [3.8, 4) is 0 Å². The number of nitrogens with one attached hydrogen (secondary N) is 1. The number of anilines is 1. The van der Waals surface area contributed by atoms with Crippen LogP contribution in [0.5, 0.6) is 0 Å². The molecule has 4 rings (SSSR count). The lowest BCUT2D eigenvalue weighted by molar-refractivity contribution is -0.143. The summed E-state index contributed by atoms with van der Waals surface area (Å²) in [5, 5.41) is 3.50. The largest absolute Gasteiger partial charge is 0.465 e. The maximum atomic E-state index is 12.8. The minimum absolute atomic E-state index is 0.0635. The third-order valence-corrected chi connectivity index (χ3v) is 4.62. The minimum atomic E-state index is -0.497. The summed E-state index contributed by atoms with van der Waals surface area (Å²) in [4.78, 5) is 38.2. The number of nitrogens with zero attached hydrogens (tertiary/aromatic N) is 2. The molecule has 7 nitrogen and oxygen atoms in total. The van der Waals surface area contributed by atoms with Gasteiger partial charge in [-0.1, -0.05) is 36.4 Å². The van der Waals surface area contributed by atoms with Crippen LogP contribution < -0.4 is 10.2 Å². The number of fused-ring (bicyclic) bond motifs is 1. The van der Waals surface area contributed by atoms with Crippen molar-refractivity contribution in [2.75, 3.05) is 11.5 Å². The monoisotopic (exact) mass is 389 g/mol. The normalized spacial score (nSPS) is 15.2. The van der Waals surface area contributed by atoms with E-state index in [0.29, 0.717) is 12.3 Å². The number of aromatic nitrogens is 1.